The molecule has 3 N–H and O–H groups in total. The lowest BCUT2D eigenvalue weighted by Crippen LogP contribution is -2.34. The third-order valence-electron chi connectivity index (χ3n) is 2.79. The van der Waals surface area contributed by atoms with Crippen LogP contribution in [0.25, 0.3) is 0 Å². The van der Waals surface area contributed by atoms with Crippen molar-refractivity contribution in [3.63, 3.8) is 0 Å². The number of benzene rings is 1. The minimum atomic E-state index is -0.251. The highest BCUT2D eigenvalue weighted by atomic mass is 32.2. The van der Waals surface area contributed by atoms with Crippen LogP contribution in [-0.2, 0) is 9.59 Å². The molecule has 0 saturated carbocycles. The minimum absolute atomic E-state index is 0.0467. The Morgan fingerprint density at radius 1 is 1.25 bits per heavy atom. The van der Waals surface area contributed by atoms with Crippen molar-refractivity contribution >= 4 is 29.3 Å². The van der Waals surface area contributed by atoms with E-state index in [9.17, 15) is 9.59 Å². The summed E-state index contributed by atoms with van der Waals surface area (Å²) in [6.45, 7) is 3.91. The molecule has 2 amide bonds. The summed E-state index contributed by atoms with van der Waals surface area (Å²) in [6.07, 6.45) is 0. The lowest BCUT2D eigenvalue weighted by Gasteiger charge is -2.10. The smallest absolute Gasteiger partial charge is 0.243 e. The molecule has 0 unspecified atom stereocenters. The van der Waals surface area contributed by atoms with Crippen LogP contribution in [0.15, 0.2) is 18.2 Å². The Balaban J connectivity index is 2.37. The van der Waals surface area contributed by atoms with Crippen molar-refractivity contribution in [2.45, 2.75) is 13.8 Å². The van der Waals surface area contributed by atoms with Crippen molar-refractivity contribution in [1.82, 2.24) is 5.32 Å². The number of hydrogen-bond acceptors (Lipinski definition) is 4. The van der Waals surface area contributed by atoms with Crippen LogP contribution in [0.3, 0.4) is 0 Å². The molecule has 0 bridgehead atoms. The van der Waals surface area contributed by atoms with Gasteiger partial charge in [0.1, 0.15) is 0 Å². The summed E-state index contributed by atoms with van der Waals surface area (Å²) in [6, 6.07) is 5.69. The number of aryl methyl sites for hydroxylation is 1. The molecule has 20 heavy (non-hydrogen) atoms. The average Bonchev–Trinajstić information content (AvgIpc) is 2.42. The first-order valence-electron chi connectivity index (χ1n) is 6.36. The molecule has 5 nitrogen and oxygen atoms in total. The average molecular weight is 296 g/mol. The lowest BCUT2D eigenvalue weighted by molar-refractivity contribution is -0.122. The quantitative estimate of drug-likeness (QED) is 0.658. The molecule has 0 fully saturated rings. The molecule has 0 radical (unpaired) electrons. The van der Waals surface area contributed by atoms with Crippen molar-refractivity contribution in [3.05, 3.63) is 29.3 Å². The molecule has 0 aliphatic heterocycles. The topological polar surface area (TPSA) is 78.4 Å². The van der Waals surface area contributed by atoms with Gasteiger partial charge in [-0.05, 0) is 31.0 Å². The van der Waals surface area contributed by atoms with E-state index in [4.69, 9.17) is 5.11 Å². The minimum Gasteiger partial charge on any atom is -0.396 e. The number of carbonyl (C=O) groups excluding carboxylic acids is 2. The maximum atomic E-state index is 11.7. The van der Waals surface area contributed by atoms with Gasteiger partial charge in [0.05, 0.1) is 18.9 Å². The van der Waals surface area contributed by atoms with Gasteiger partial charge in [-0.25, -0.2) is 0 Å². The van der Waals surface area contributed by atoms with Crippen molar-refractivity contribution < 1.29 is 14.7 Å². The molecule has 1 aromatic rings. The van der Waals surface area contributed by atoms with E-state index in [1.807, 2.05) is 32.0 Å². The number of amides is 2. The zero-order valence-corrected chi connectivity index (χ0v) is 12.5. The van der Waals surface area contributed by atoms with E-state index in [1.54, 1.807) is 0 Å². The fourth-order valence-corrected chi connectivity index (χ4v) is 2.10. The fourth-order valence-electron chi connectivity index (χ4n) is 1.54. The largest absolute Gasteiger partial charge is 0.396 e. The standard InChI is InChI=1S/C14H20N2O3S/c1-10-4-3-5-12(11(10)2)16-13(18)8-15-14(19)9-20-7-6-17/h3-5,17H,6-9H2,1-2H3,(H,15,19)(H,16,18). The van der Waals surface area contributed by atoms with E-state index in [0.29, 0.717) is 5.75 Å². The molecular weight excluding hydrogens is 276 g/mol. The van der Waals surface area contributed by atoms with Gasteiger partial charge in [-0.15, -0.1) is 11.8 Å². The Hall–Kier alpha value is -1.53. The van der Waals surface area contributed by atoms with E-state index < -0.39 is 0 Å². The van der Waals surface area contributed by atoms with Crippen molar-refractivity contribution in [2.24, 2.45) is 0 Å². The molecular formula is C14H20N2O3S. The van der Waals surface area contributed by atoms with Crippen molar-refractivity contribution in [3.8, 4) is 0 Å². The Morgan fingerprint density at radius 3 is 2.70 bits per heavy atom. The molecule has 110 valence electrons. The van der Waals surface area contributed by atoms with Gasteiger partial charge in [-0.3, -0.25) is 9.59 Å². The van der Waals surface area contributed by atoms with E-state index in [-0.39, 0.29) is 30.7 Å². The summed E-state index contributed by atoms with van der Waals surface area (Å²) in [7, 11) is 0. The van der Waals surface area contributed by atoms with Gasteiger partial charge >= 0.3 is 0 Å². The number of carbonyl (C=O) groups is 2. The Morgan fingerprint density at radius 2 is 2.00 bits per heavy atom. The number of nitrogens with one attached hydrogen (secondary N) is 2. The summed E-state index contributed by atoms with van der Waals surface area (Å²) in [5, 5.41) is 13.9. The van der Waals surface area contributed by atoms with Crippen molar-refractivity contribution in [2.75, 3.05) is 30.0 Å². The zero-order valence-electron chi connectivity index (χ0n) is 11.7. The molecule has 0 aliphatic rings. The van der Waals surface area contributed by atoms with E-state index in [0.717, 1.165) is 16.8 Å². The van der Waals surface area contributed by atoms with Crippen molar-refractivity contribution in [1.29, 1.82) is 0 Å². The molecule has 6 heteroatoms. The molecule has 0 heterocycles. The van der Waals surface area contributed by atoms with Gasteiger partial charge in [0.15, 0.2) is 0 Å². The van der Waals surface area contributed by atoms with Gasteiger partial charge in [0, 0.05) is 11.4 Å². The molecule has 0 spiro atoms. The van der Waals surface area contributed by atoms with E-state index in [2.05, 4.69) is 10.6 Å². The number of anilines is 1. The van der Waals surface area contributed by atoms with Gasteiger partial charge in [0.2, 0.25) is 11.8 Å². The predicted octanol–water partition coefficient (Wildman–Crippen LogP) is 1.08. The maximum Gasteiger partial charge on any atom is 0.243 e. The summed E-state index contributed by atoms with van der Waals surface area (Å²) < 4.78 is 0. The third kappa shape index (κ3) is 5.63. The van der Waals surface area contributed by atoms with Crippen LogP contribution in [0.5, 0.6) is 0 Å². The van der Waals surface area contributed by atoms with E-state index in [1.165, 1.54) is 11.8 Å². The van der Waals surface area contributed by atoms with Gasteiger partial charge < -0.3 is 15.7 Å². The highest BCUT2D eigenvalue weighted by Gasteiger charge is 2.08. The van der Waals surface area contributed by atoms with Crippen LogP contribution >= 0.6 is 11.8 Å². The second-order valence-electron chi connectivity index (χ2n) is 4.35. The number of hydrogen-bond donors (Lipinski definition) is 3. The second-order valence-corrected chi connectivity index (χ2v) is 5.45. The SMILES string of the molecule is Cc1cccc(NC(=O)CNC(=O)CSCCO)c1C. The van der Waals surface area contributed by atoms with Gasteiger partial charge in [0.25, 0.3) is 0 Å². The number of aliphatic hydroxyl groups excluding tert-OH is 1. The molecule has 0 saturated heterocycles. The molecule has 0 aromatic heterocycles. The van der Waals surface area contributed by atoms with Crippen LogP contribution < -0.4 is 10.6 Å². The number of rotatable bonds is 7. The lowest BCUT2D eigenvalue weighted by atomic mass is 10.1. The Bertz CT molecular complexity index is 477. The first kappa shape index (κ1) is 16.5. The second kappa shape index (κ2) is 8.60. The Kier molecular flexibility index (Phi) is 7.11. The first-order valence-corrected chi connectivity index (χ1v) is 7.51. The summed E-state index contributed by atoms with van der Waals surface area (Å²) in [5.74, 6) is 0.304. The molecule has 0 aliphatic carbocycles. The number of aliphatic hydroxyl groups is 1. The highest BCUT2D eigenvalue weighted by molar-refractivity contribution is 7.99. The van der Waals surface area contributed by atoms with Gasteiger partial charge in [-0.1, -0.05) is 12.1 Å². The highest BCUT2D eigenvalue weighted by Crippen LogP contribution is 2.17. The van der Waals surface area contributed by atoms with Crippen LogP contribution in [0, 0.1) is 13.8 Å². The fraction of sp³-hybridized carbons (Fsp3) is 0.429. The van der Waals surface area contributed by atoms with Gasteiger partial charge in [-0.2, -0.15) is 0 Å². The third-order valence-corrected chi connectivity index (χ3v) is 3.73. The molecule has 1 aromatic carbocycles. The van der Waals surface area contributed by atoms with Crippen LogP contribution in [-0.4, -0.2) is 41.6 Å². The van der Waals surface area contributed by atoms with Crippen LogP contribution in [0.1, 0.15) is 11.1 Å². The monoisotopic (exact) mass is 296 g/mol. The van der Waals surface area contributed by atoms with Crippen LogP contribution in [0.2, 0.25) is 0 Å². The van der Waals surface area contributed by atoms with Crippen LogP contribution in [0.4, 0.5) is 5.69 Å². The Labute approximate surface area is 123 Å². The normalized spacial score (nSPS) is 10.2. The maximum absolute atomic E-state index is 11.7. The predicted molar refractivity (Wildman–Crippen MR) is 82.0 cm³/mol. The number of thioether (sulfide) groups is 1. The first-order chi connectivity index (χ1) is 9.54. The molecule has 0 atom stereocenters. The summed E-state index contributed by atoms with van der Waals surface area (Å²) in [5.41, 5.74) is 2.89. The molecule has 1 rings (SSSR count). The summed E-state index contributed by atoms with van der Waals surface area (Å²) >= 11 is 1.33. The zero-order chi connectivity index (χ0) is 15.0. The van der Waals surface area contributed by atoms with E-state index >= 15 is 0 Å². The summed E-state index contributed by atoms with van der Waals surface area (Å²) in [4.78, 5) is 23.1.